The van der Waals surface area contributed by atoms with Crippen LogP contribution in [-0.4, -0.2) is 47.2 Å². The second-order valence-corrected chi connectivity index (χ2v) is 7.61. The van der Waals surface area contributed by atoms with Crippen molar-refractivity contribution in [2.24, 2.45) is 7.05 Å². The molecule has 0 bridgehead atoms. The molecule has 1 N–H and O–H groups in total. The number of aryl methyl sites for hydroxylation is 1. The first-order valence-corrected chi connectivity index (χ1v) is 10.6. The molecule has 3 aromatic rings. The van der Waals surface area contributed by atoms with Crippen molar-refractivity contribution in [1.29, 1.82) is 0 Å². The first-order chi connectivity index (χ1) is 15.6. The van der Waals surface area contributed by atoms with E-state index in [9.17, 15) is 5.11 Å². The second-order valence-electron chi connectivity index (χ2n) is 7.61. The highest BCUT2D eigenvalue weighted by atomic mass is 16.5. The fraction of sp³-hybridized carbons (Fsp3) is 0.280. The number of aliphatic hydroxyl groups excluding tert-OH is 1. The van der Waals surface area contributed by atoms with Crippen molar-refractivity contribution in [3.8, 4) is 22.6 Å². The number of benzene rings is 1. The third kappa shape index (κ3) is 4.68. The van der Waals surface area contributed by atoms with Gasteiger partial charge in [-0.05, 0) is 25.0 Å². The summed E-state index contributed by atoms with van der Waals surface area (Å²) in [5, 5.41) is 15.8. The van der Waals surface area contributed by atoms with Crippen LogP contribution in [-0.2, 0) is 7.05 Å². The van der Waals surface area contributed by atoms with Gasteiger partial charge in [-0.15, -0.1) is 0 Å². The van der Waals surface area contributed by atoms with Gasteiger partial charge in [-0.3, -0.25) is 9.67 Å². The molecule has 1 aliphatic rings. The Morgan fingerprint density at radius 2 is 1.81 bits per heavy atom. The van der Waals surface area contributed by atoms with Gasteiger partial charge >= 0.3 is 0 Å². The molecule has 0 saturated carbocycles. The molecule has 2 heterocycles. The normalized spacial score (nSPS) is 12.7. The number of allylic oxidation sites excluding steroid dienone is 2. The molecule has 7 heteroatoms. The summed E-state index contributed by atoms with van der Waals surface area (Å²) >= 11 is 0. The summed E-state index contributed by atoms with van der Waals surface area (Å²) < 4.78 is 12.7. The maximum Gasteiger partial charge on any atom is 0.124 e. The minimum atomic E-state index is 0.111. The zero-order valence-electron chi connectivity index (χ0n) is 18.7. The zero-order chi connectivity index (χ0) is 22.5. The molecule has 0 atom stereocenters. The monoisotopic (exact) mass is 432 g/mol. The van der Waals surface area contributed by atoms with Crippen molar-refractivity contribution >= 4 is 17.8 Å². The van der Waals surface area contributed by atoms with Gasteiger partial charge in [0.1, 0.15) is 11.5 Å². The minimum absolute atomic E-state index is 0.111. The Morgan fingerprint density at radius 1 is 1.03 bits per heavy atom. The quantitative estimate of drug-likeness (QED) is 0.589. The molecule has 1 aromatic carbocycles. The van der Waals surface area contributed by atoms with Crippen molar-refractivity contribution in [2.75, 3.05) is 32.3 Å². The summed E-state index contributed by atoms with van der Waals surface area (Å²) in [6, 6.07) is 7.96. The number of ether oxygens (including phenoxy) is 2. The summed E-state index contributed by atoms with van der Waals surface area (Å²) in [6.45, 7) is 0.764. The highest BCUT2D eigenvalue weighted by Gasteiger charge is 2.14. The van der Waals surface area contributed by atoms with Crippen LogP contribution < -0.4 is 24.9 Å². The third-order valence-corrected chi connectivity index (χ3v) is 5.43. The molecular weight excluding hydrogens is 404 g/mol. The van der Waals surface area contributed by atoms with E-state index in [1.807, 2.05) is 43.8 Å². The molecule has 0 aliphatic heterocycles. The molecule has 166 valence electrons. The van der Waals surface area contributed by atoms with Gasteiger partial charge in [0, 0.05) is 78.5 Å². The van der Waals surface area contributed by atoms with Gasteiger partial charge in [0.15, 0.2) is 0 Å². The van der Waals surface area contributed by atoms with Crippen molar-refractivity contribution in [3.05, 3.63) is 65.2 Å². The van der Waals surface area contributed by atoms with Gasteiger partial charge in [0.25, 0.3) is 0 Å². The van der Waals surface area contributed by atoms with Crippen LogP contribution in [0.15, 0.2) is 54.6 Å². The van der Waals surface area contributed by atoms with Crippen molar-refractivity contribution < 1.29 is 14.6 Å². The minimum Gasteiger partial charge on any atom is -0.497 e. The molecule has 4 rings (SSSR count). The van der Waals surface area contributed by atoms with Crippen molar-refractivity contribution in [2.45, 2.75) is 12.8 Å². The third-order valence-electron chi connectivity index (χ3n) is 5.43. The van der Waals surface area contributed by atoms with Crippen LogP contribution in [0.4, 0.5) is 5.69 Å². The molecule has 0 saturated heterocycles. The average molecular weight is 433 g/mol. The summed E-state index contributed by atoms with van der Waals surface area (Å²) in [5.74, 6) is 1.44. The van der Waals surface area contributed by atoms with Crippen LogP contribution in [0.25, 0.3) is 23.3 Å². The number of aromatic nitrogens is 3. The molecule has 7 nitrogen and oxygen atoms in total. The van der Waals surface area contributed by atoms with E-state index in [2.05, 4.69) is 34.3 Å². The van der Waals surface area contributed by atoms with E-state index in [-0.39, 0.29) is 6.61 Å². The molecule has 32 heavy (non-hydrogen) atoms. The Bertz CT molecular complexity index is 1220. The zero-order valence-corrected chi connectivity index (χ0v) is 18.7. The maximum absolute atomic E-state index is 9.51. The van der Waals surface area contributed by atoms with Crippen LogP contribution in [0, 0.1) is 0 Å². The van der Waals surface area contributed by atoms with Crippen molar-refractivity contribution in [3.63, 3.8) is 0 Å². The van der Waals surface area contributed by atoms with Gasteiger partial charge in [-0.25, -0.2) is 0 Å². The molecule has 0 fully saturated rings. The lowest BCUT2D eigenvalue weighted by Gasteiger charge is -2.27. The highest BCUT2D eigenvalue weighted by molar-refractivity contribution is 5.68. The maximum atomic E-state index is 9.51. The molecule has 0 amide bonds. The Kier molecular flexibility index (Phi) is 6.56. The van der Waals surface area contributed by atoms with Gasteiger partial charge in [-0.2, -0.15) is 5.10 Å². The lowest BCUT2D eigenvalue weighted by atomic mass is 10.1. The van der Waals surface area contributed by atoms with Gasteiger partial charge in [0.2, 0.25) is 0 Å². The predicted molar refractivity (Wildman–Crippen MR) is 126 cm³/mol. The number of nitrogens with zero attached hydrogens (tertiary/aromatic N) is 4. The Balaban J connectivity index is 1.79. The Morgan fingerprint density at radius 3 is 2.47 bits per heavy atom. The van der Waals surface area contributed by atoms with E-state index < -0.39 is 0 Å². The fourth-order valence-electron chi connectivity index (χ4n) is 3.79. The lowest BCUT2D eigenvalue weighted by Crippen LogP contribution is -2.30. The predicted octanol–water partition coefficient (Wildman–Crippen LogP) is 2.24. The summed E-state index contributed by atoms with van der Waals surface area (Å²) in [7, 11) is 5.19. The number of anilines is 1. The van der Waals surface area contributed by atoms with Crippen molar-refractivity contribution in [1.82, 2.24) is 14.8 Å². The fourth-order valence-corrected chi connectivity index (χ4v) is 3.79. The van der Waals surface area contributed by atoms with Gasteiger partial charge in [0.05, 0.1) is 25.8 Å². The molecule has 0 radical (unpaired) electrons. The van der Waals surface area contributed by atoms with E-state index in [0.717, 1.165) is 51.0 Å². The molecular formula is C25H28N4O3. The molecule has 1 aliphatic carbocycles. The topological polar surface area (TPSA) is 72.6 Å². The van der Waals surface area contributed by atoms with E-state index in [0.29, 0.717) is 13.0 Å². The van der Waals surface area contributed by atoms with Crippen LogP contribution >= 0.6 is 0 Å². The Hall–Kier alpha value is -3.58. The number of hydrogen-bond acceptors (Lipinski definition) is 6. The first kappa shape index (κ1) is 21.6. The number of hydrogen-bond donors (Lipinski definition) is 1. The van der Waals surface area contributed by atoms with Crippen LogP contribution in [0.3, 0.4) is 0 Å². The van der Waals surface area contributed by atoms with Crippen LogP contribution in [0.5, 0.6) is 11.5 Å². The number of fused-ring (bicyclic) bond motifs is 1. The number of aliphatic hydroxyl groups is 1. The Labute approximate surface area is 187 Å². The molecule has 0 unspecified atom stereocenters. The standard InChI is InChI=1S/C25H28N4O3/c1-28-17-20(16-27-28)19-10-18-11-21(6-4-7-25(18)26-15-19)29(8-5-9-30)22-12-23(31-2)14-24(13-22)32-3/h6-7,10-17,30H,4-5,8-9H2,1-3H3. The average Bonchev–Trinajstić information content (AvgIpc) is 3.14. The van der Waals surface area contributed by atoms with Crippen LogP contribution in [0.1, 0.15) is 12.8 Å². The lowest BCUT2D eigenvalue weighted by molar-refractivity contribution is 0.290. The highest BCUT2D eigenvalue weighted by Crippen LogP contribution is 2.31. The number of methoxy groups -OCH3 is 2. The molecule has 2 aromatic heterocycles. The summed E-state index contributed by atoms with van der Waals surface area (Å²) in [6.07, 6.45) is 13.6. The SMILES string of the molecule is COc1cc(OC)cc(N(CCCO)C2=CCC=c3ncc(-c4cnn(C)c4)cc3=C2)c1. The van der Waals surface area contributed by atoms with E-state index in [1.165, 1.54) is 0 Å². The largest absolute Gasteiger partial charge is 0.497 e. The number of rotatable bonds is 8. The van der Waals surface area contributed by atoms with Gasteiger partial charge < -0.3 is 19.5 Å². The van der Waals surface area contributed by atoms with E-state index in [4.69, 9.17) is 14.5 Å². The van der Waals surface area contributed by atoms with E-state index in [1.54, 1.807) is 18.9 Å². The molecule has 0 spiro atoms. The van der Waals surface area contributed by atoms with E-state index >= 15 is 0 Å². The smallest absolute Gasteiger partial charge is 0.124 e. The van der Waals surface area contributed by atoms with Crippen LogP contribution in [0.2, 0.25) is 0 Å². The first-order valence-electron chi connectivity index (χ1n) is 10.6. The summed E-state index contributed by atoms with van der Waals surface area (Å²) in [4.78, 5) is 6.87. The number of pyridine rings is 1. The summed E-state index contributed by atoms with van der Waals surface area (Å²) in [5.41, 5.74) is 4.03. The van der Waals surface area contributed by atoms with Gasteiger partial charge in [-0.1, -0.05) is 12.2 Å². The second kappa shape index (κ2) is 9.70.